The van der Waals surface area contributed by atoms with Crippen LogP contribution in [0.1, 0.15) is 36.1 Å². The zero-order valence-electron chi connectivity index (χ0n) is 13.0. The van der Waals surface area contributed by atoms with E-state index in [1.165, 1.54) is 5.56 Å². The zero-order chi connectivity index (χ0) is 16.4. The lowest BCUT2D eigenvalue weighted by Gasteiger charge is -2.30. The molecule has 1 saturated heterocycles. The highest BCUT2D eigenvalue weighted by atomic mass is 16.5. The fourth-order valence-electron chi connectivity index (χ4n) is 3.19. The molecule has 2 atom stereocenters. The third-order valence-electron chi connectivity index (χ3n) is 4.43. The van der Waals surface area contributed by atoms with Gasteiger partial charge in [-0.2, -0.15) is 0 Å². The van der Waals surface area contributed by atoms with Crippen molar-refractivity contribution in [3.05, 3.63) is 64.7 Å². The number of hydrogen-bond donors (Lipinski definition) is 2. The minimum absolute atomic E-state index is 0.274. The van der Waals surface area contributed by atoms with Gasteiger partial charge in [0.2, 0.25) is 0 Å². The first kappa shape index (κ1) is 14.8. The lowest BCUT2D eigenvalue weighted by atomic mass is 9.86. The van der Waals surface area contributed by atoms with Crippen molar-refractivity contribution in [1.82, 2.24) is 25.4 Å². The van der Waals surface area contributed by atoms with E-state index in [0.29, 0.717) is 11.7 Å². The Balaban J connectivity index is 1.52. The topological polar surface area (TPSA) is 96.7 Å². The summed E-state index contributed by atoms with van der Waals surface area (Å²) < 4.78 is 4.54. The number of piperidine rings is 1. The number of benzene rings is 1. The Kier molecular flexibility index (Phi) is 3.92. The number of nitrogens with one attached hydrogen (secondary N) is 2. The van der Waals surface area contributed by atoms with Crippen LogP contribution in [0.3, 0.4) is 0 Å². The molecule has 7 nitrogen and oxygen atoms in total. The van der Waals surface area contributed by atoms with Crippen molar-refractivity contribution in [3.63, 3.8) is 0 Å². The van der Waals surface area contributed by atoms with E-state index in [0.717, 1.165) is 30.6 Å². The predicted octanol–water partition coefficient (Wildman–Crippen LogP) is 2.03. The molecule has 1 aliphatic heterocycles. The maximum absolute atomic E-state index is 11.0. The van der Waals surface area contributed by atoms with Crippen molar-refractivity contribution >= 4 is 0 Å². The van der Waals surface area contributed by atoms with Crippen molar-refractivity contribution < 1.29 is 4.52 Å². The van der Waals surface area contributed by atoms with E-state index in [9.17, 15) is 4.79 Å². The van der Waals surface area contributed by atoms with Gasteiger partial charge in [0.1, 0.15) is 0 Å². The van der Waals surface area contributed by atoms with Crippen LogP contribution in [0.2, 0.25) is 0 Å². The third-order valence-corrected chi connectivity index (χ3v) is 4.43. The number of hydrogen-bond acceptors (Lipinski definition) is 6. The van der Waals surface area contributed by atoms with E-state index < -0.39 is 5.76 Å². The van der Waals surface area contributed by atoms with E-state index in [1.54, 1.807) is 12.4 Å². The molecule has 0 bridgehead atoms. The summed E-state index contributed by atoms with van der Waals surface area (Å²) >= 11 is 0. The molecule has 1 aliphatic rings. The van der Waals surface area contributed by atoms with Gasteiger partial charge in [-0.3, -0.25) is 19.5 Å². The highest BCUT2D eigenvalue weighted by molar-refractivity contribution is 5.54. The Morgan fingerprint density at radius 2 is 2.04 bits per heavy atom. The van der Waals surface area contributed by atoms with Crippen molar-refractivity contribution in [1.29, 1.82) is 0 Å². The van der Waals surface area contributed by atoms with Crippen LogP contribution in [-0.2, 0) is 0 Å². The quantitative estimate of drug-likeness (QED) is 0.765. The summed E-state index contributed by atoms with van der Waals surface area (Å²) in [6, 6.07) is 8.27. The van der Waals surface area contributed by atoms with Crippen molar-refractivity contribution in [2.24, 2.45) is 0 Å². The molecule has 2 N–H and O–H groups in total. The second-order valence-corrected chi connectivity index (χ2v) is 5.92. The molecule has 24 heavy (non-hydrogen) atoms. The second-order valence-electron chi connectivity index (χ2n) is 5.92. The van der Waals surface area contributed by atoms with Gasteiger partial charge in [0.25, 0.3) is 0 Å². The molecule has 7 heteroatoms. The summed E-state index contributed by atoms with van der Waals surface area (Å²) in [7, 11) is 0. The maximum atomic E-state index is 11.0. The summed E-state index contributed by atoms with van der Waals surface area (Å²) in [5, 5.41) is 7.26. The fourth-order valence-corrected chi connectivity index (χ4v) is 3.19. The van der Waals surface area contributed by atoms with Crippen LogP contribution in [0.4, 0.5) is 0 Å². The normalized spacial score (nSPS) is 20.8. The number of aromatic nitrogens is 4. The SMILES string of the molecule is O=c1[nH]c(-c2ccc([C@@H]3CC(c4cnccn4)CCN3)cc2)no1. The maximum Gasteiger partial charge on any atom is 0.439 e. The van der Waals surface area contributed by atoms with Gasteiger partial charge in [0, 0.05) is 36.1 Å². The first-order valence-electron chi connectivity index (χ1n) is 7.95. The molecule has 0 saturated carbocycles. The molecule has 0 radical (unpaired) electrons. The number of H-pyrrole nitrogens is 1. The van der Waals surface area contributed by atoms with Gasteiger partial charge < -0.3 is 5.32 Å². The summed E-state index contributed by atoms with van der Waals surface area (Å²) in [5.74, 6) is 0.312. The Morgan fingerprint density at radius 3 is 2.75 bits per heavy atom. The van der Waals surface area contributed by atoms with E-state index in [1.807, 2.05) is 18.3 Å². The average molecular weight is 323 g/mol. The molecule has 3 aromatic rings. The zero-order valence-corrected chi connectivity index (χ0v) is 13.0. The van der Waals surface area contributed by atoms with Crippen molar-refractivity contribution in [2.45, 2.75) is 24.8 Å². The van der Waals surface area contributed by atoms with Gasteiger partial charge >= 0.3 is 5.76 Å². The molecule has 3 heterocycles. The molecule has 2 aromatic heterocycles. The number of nitrogens with zero attached hydrogens (tertiary/aromatic N) is 3. The van der Waals surface area contributed by atoms with Gasteiger partial charge in [-0.1, -0.05) is 29.4 Å². The Labute approximate surface area is 138 Å². The van der Waals surface area contributed by atoms with Crippen LogP contribution in [0, 0.1) is 0 Å². The van der Waals surface area contributed by atoms with Gasteiger partial charge in [0.05, 0.1) is 5.69 Å². The molecule has 0 amide bonds. The number of rotatable bonds is 3. The molecule has 122 valence electrons. The lowest BCUT2D eigenvalue weighted by molar-refractivity contribution is 0.365. The van der Waals surface area contributed by atoms with Crippen LogP contribution in [0.15, 0.2) is 52.2 Å². The van der Waals surface area contributed by atoms with E-state index in [-0.39, 0.29) is 6.04 Å². The van der Waals surface area contributed by atoms with Crippen LogP contribution >= 0.6 is 0 Å². The molecule has 1 unspecified atom stereocenters. The Hall–Kier alpha value is -2.80. The first-order valence-corrected chi connectivity index (χ1v) is 7.95. The molecule has 1 fully saturated rings. The Morgan fingerprint density at radius 1 is 1.17 bits per heavy atom. The van der Waals surface area contributed by atoms with Crippen LogP contribution in [0.5, 0.6) is 0 Å². The van der Waals surface area contributed by atoms with Gasteiger partial charge in [-0.25, -0.2) is 4.79 Å². The van der Waals surface area contributed by atoms with E-state index >= 15 is 0 Å². The summed E-state index contributed by atoms with van der Waals surface area (Å²) in [4.78, 5) is 22.2. The second kappa shape index (κ2) is 6.37. The molecular weight excluding hydrogens is 306 g/mol. The highest BCUT2D eigenvalue weighted by Crippen LogP contribution is 2.33. The number of aromatic amines is 1. The minimum atomic E-state index is -0.546. The summed E-state index contributed by atoms with van der Waals surface area (Å²) in [5.41, 5.74) is 3.09. The van der Waals surface area contributed by atoms with Gasteiger partial charge in [0.15, 0.2) is 5.82 Å². The minimum Gasteiger partial charge on any atom is -0.310 e. The third kappa shape index (κ3) is 2.98. The van der Waals surface area contributed by atoms with Gasteiger partial charge in [-0.05, 0) is 24.9 Å². The molecule has 0 spiro atoms. The highest BCUT2D eigenvalue weighted by Gasteiger charge is 2.24. The smallest absolute Gasteiger partial charge is 0.310 e. The van der Waals surface area contributed by atoms with E-state index in [2.05, 4.69) is 42.1 Å². The van der Waals surface area contributed by atoms with Crippen molar-refractivity contribution in [3.8, 4) is 11.4 Å². The van der Waals surface area contributed by atoms with Crippen LogP contribution in [0.25, 0.3) is 11.4 Å². The predicted molar refractivity (Wildman–Crippen MR) is 87.3 cm³/mol. The monoisotopic (exact) mass is 323 g/mol. The average Bonchev–Trinajstić information content (AvgIpc) is 3.09. The molecule has 1 aromatic carbocycles. The largest absolute Gasteiger partial charge is 0.439 e. The standard InChI is InChI=1S/C17H17N5O2/c23-17-21-16(22-24-17)12-3-1-11(2-4-12)14-9-13(5-6-19-14)15-10-18-7-8-20-15/h1-4,7-8,10,13-14,19H,5-6,9H2,(H,21,22,23)/t13?,14-/m0/s1. The summed E-state index contributed by atoms with van der Waals surface area (Å²) in [6.45, 7) is 0.949. The van der Waals surface area contributed by atoms with Crippen LogP contribution in [-0.4, -0.2) is 26.7 Å². The van der Waals surface area contributed by atoms with Gasteiger partial charge in [-0.15, -0.1) is 0 Å². The first-order chi connectivity index (χ1) is 11.8. The summed E-state index contributed by atoms with van der Waals surface area (Å²) in [6.07, 6.45) is 7.36. The Bertz CT molecular complexity index is 856. The fraction of sp³-hybridized carbons (Fsp3) is 0.294. The molecular formula is C17H17N5O2. The van der Waals surface area contributed by atoms with E-state index in [4.69, 9.17) is 0 Å². The van der Waals surface area contributed by atoms with Crippen molar-refractivity contribution in [2.75, 3.05) is 6.54 Å². The van der Waals surface area contributed by atoms with Crippen LogP contribution < -0.4 is 11.1 Å². The molecule has 4 rings (SSSR count). The lowest BCUT2D eigenvalue weighted by Crippen LogP contribution is -2.31. The molecule has 0 aliphatic carbocycles.